The summed E-state index contributed by atoms with van der Waals surface area (Å²) in [7, 11) is 2.85. The highest BCUT2D eigenvalue weighted by Gasteiger charge is 2.21. The van der Waals surface area contributed by atoms with E-state index in [1.807, 2.05) is 0 Å². The maximum Gasteiger partial charge on any atom is 0.340 e. The van der Waals surface area contributed by atoms with Crippen molar-refractivity contribution in [2.24, 2.45) is 5.10 Å². The lowest BCUT2D eigenvalue weighted by Gasteiger charge is -2.09. The number of aromatic hydroxyl groups is 1. The number of nitrogens with zero attached hydrogens (tertiary/aromatic N) is 2. The van der Waals surface area contributed by atoms with E-state index in [2.05, 4.69) is 21.9 Å². The highest BCUT2D eigenvalue weighted by Crippen LogP contribution is 2.38. The molecule has 9 heteroatoms. The number of fused-ring (bicyclic) bond motifs is 1. The largest absolute Gasteiger partial charge is 0.502 e. The Morgan fingerprint density at radius 3 is 2.61 bits per heavy atom. The van der Waals surface area contributed by atoms with Crippen molar-refractivity contribution >= 4 is 28.6 Å². The molecule has 1 heterocycles. The number of phenolic OH excluding ortho intramolecular Hbond substituents is 1. The lowest BCUT2D eigenvalue weighted by atomic mass is 9.96. The first-order chi connectivity index (χ1) is 13.6. The molecule has 0 saturated heterocycles. The number of carbonyl (C=O) groups is 1. The molecular weight excluding hydrogens is 380 g/mol. The molecule has 8 nitrogen and oxygen atoms in total. The van der Waals surface area contributed by atoms with Gasteiger partial charge in [-0.1, -0.05) is 0 Å². The number of nitriles is 1. The van der Waals surface area contributed by atoms with Crippen molar-refractivity contribution in [1.82, 2.24) is 5.43 Å². The molecule has 1 aliphatic rings. The fourth-order valence-electron chi connectivity index (χ4n) is 3.06. The molecule has 28 heavy (non-hydrogen) atoms. The van der Waals surface area contributed by atoms with E-state index in [-0.39, 0.29) is 17.2 Å². The summed E-state index contributed by atoms with van der Waals surface area (Å²) in [6.07, 6.45) is 5.39. The van der Waals surface area contributed by atoms with Crippen LogP contribution in [0.15, 0.2) is 17.2 Å². The van der Waals surface area contributed by atoms with Crippen LogP contribution >= 0.6 is 11.3 Å². The zero-order valence-corrected chi connectivity index (χ0v) is 16.4. The first kappa shape index (κ1) is 19.5. The number of methoxy groups -OCH3 is 2. The number of rotatable bonds is 5. The van der Waals surface area contributed by atoms with Gasteiger partial charge in [0.1, 0.15) is 11.1 Å². The molecule has 2 aromatic rings. The summed E-state index contributed by atoms with van der Waals surface area (Å²) >= 11 is 1.45. The molecular formula is C19H20N4O4S. The van der Waals surface area contributed by atoms with Crippen molar-refractivity contribution in [3.63, 3.8) is 0 Å². The third-order valence-electron chi connectivity index (χ3n) is 4.39. The van der Waals surface area contributed by atoms with E-state index in [0.29, 0.717) is 16.1 Å². The van der Waals surface area contributed by atoms with Crippen molar-refractivity contribution in [2.45, 2.75) is 25.7 Å². The highest BCUT2D eigenvalue weighted by molar-refractivity contribution is 7.16. The number of ether oxygens (including phenoxy) is 2. The van der Waals surface area contributed by atoms with Gasteiger partial charge >= 0.3 is 6.03 Å². The molecule has 0 unspecified atom stereocenters. The topological polar surface area (TPSA) is 116 Å². The first-order valence-corrected chi connectivity index (χ1v) is 9.48. The van der Waals surface area contributed by atoms with Gasteiger partial charge in [0, 0.05) is 10.4 Å². The quantitative estimate of drug-likeness (QED) is 0.526. The van der Waals surface area contributed by atoms with Gasteiger partial charge in [0.15, 0.2) is 11.5 Å². The summed E-state index contributed by atoms with van der Waals surface area (Å²) in [5.41, 5.74) is 4.54. The van der Waals surface area contributed by atoms with Gasteiger partial charge in [-0.2, -0.15) is 10.4 Å². The minimum absolute atomic E-state index is 0.112. The number of aryl methyl sites for hydroxylation is 1. The minimum Gasteiger partial charge on any atom is -0.502 e. The average molecular weight is 400 g/mol. The summed E-state index contributed by atoms with van der Waals surface area (Å²) in [4.78, 5) is 13.3. The van der Waals surface area contributed by atoms with E-state index in [4.69, 9.17) is 9.47 Å². The van der Waals surface area contributed by atoms with Gasteiger partial charge < -0.3 is 14.6 Å². The second-order valence-electron chi connectivity index (χ2n) is 6.12. The van der Waals surface area contributed by atoms with Gasteiger partial charge in [0.05, 0.1) is 26.0 Å². The summed E-state index contributed by atoms with van der Waals surface area (Å²) in [5.74, 6) is 0.347. The van der Waals surface area contributed by atoms with Crippen LogP contribution in [0.4, 0.5) is 9.80 Å². The number of phenols is 1. The van der Waals surface area contributed by atoms with Gasteiger partial charge in [-0.05, 0) is 43.4 Å². The Morgan fingerprint density at radius 2 is 1.96 bits per heavy atom. The molecule has 0 atom stereocenters. The van der Waals surface area contributed by atoms with Crippen LogP contribution in [0.1, 0.15) is 34.4 Å². The Balaban J connectivity index is 1.68. The van der Waals surface area contributed by atoms with Gasteiger partial charge in [-0.25, -0.2) is 10.2 Å². The zero-order chi connectivity index (χ0) is 20.1. The Morgan fingerprint density at radius 1 is 1.29 bits per heavy atom. The Bertz CT molecular complexity index is 937. The van der Waals surface area contributed by atoms with E-state index in [1.54, 1.807) is 12.1 Å². The number of anilines is 1. The van der Waals surface area contributed by atoms with Crippen LogP contribution in [0, 0.1) is 11.3 Å². The SMILES string of the molecule is COc1cc(/C=N/NC(=O)Nc2sc3c(c2C#N)CCCC3)cc(OC)c1O. The molecule has 0 bridgehead atoms. The number of nitrogens with one attached hydrogen (secondary N) is 2. The van der Waals surface area contributed by atoms with Crippen molar-refractivity contribution in [3.8, 4) is 23.3 Å². The Labute approximate surface area is 166 Å². The second kappa shape index (κ2) is 8.63. The fourth-order valence-corrected chi connectivity index (χ4v) is 4.29. The van der Waals surface area contributed by atoms with Crippen molar-refractivity contribution < 1.29 is 19.4 Å². The highest BCUT2D eigenvalue weighted by atomic mass is 32.1. The predicted octanol–water partition coefficient (Wildman–Crippen LogP) is 3.38. The van der Waals surface area contributed by atoms with E-state index in [9.17, 15) is 15.2 Å². The van der Waals surface area contributed by atoms with Crippen molar-refractivity contribution in [2.75, 3.05) is 19.5 Å². The molecule has 2 amide bonds. The van der Waals surface area contributed by atoms with Crippen LogP contribution in [0.5, 0.6) is 17.2 Å². The molecule has 0 spiro atoms. The average Bonchev–Trinajstić information content (AvgIpc) is 3.05. The third kappa shape index (κ3) is 4.02. The molecule has 0 aliphatic heterocycles. The van der Waals surface area contributed by atoms with E-state index >= 15 is 0 Å². The van der Waals surface area contributed by atoms with Crippen LogP contribution in [-0.4, -0.2) is 31.6 Å². The maximum absolute atomic E-state index is 12.2. The Hall–Kier alpha value is -3.25. The van der Waals surface area contributed by atoms with Gasteiger partial charge in [-0.15, -0.1) is 11.3 Å². The molecule has 146 valence electrons. The number of benzene rings is 1. The molecule has 0 saturated carbocycles. The molecule has 1 aromatic carbocycles. The van der Waals surface area contributed by atoms with Crippen LogP contribution < -0.4 is 20.2 Å². The van der Waals surface area contributed by atoms with Crippen LogP contribution in [-0.2, 0) is 12.8 Å². The molecule has 0 fully saturated rings. The van der Waals surface area contributed by atoms with Crippen LogP contribution in [0.2, 0.25) is 0 Å². The lowest BCUT2D eigenvalue weighted by Crippen LogP contribution is -2.24. The van der Waals surface area contributed by atoms with Gasteiger partial charge in [0.2, 0.25) is 5.75 Å². The molecule has 1 aliphatic carbocycles. The normalized spacial score (nSPS) is 12.9. The van der Waals surface area contributed by atoms with Crippen LogP contribution in [0.3, 0.4) is 0 Å². The lowest BCUT2D eigenvalue weighted by molar-refractivity contribution is 0.252. The molecule has 3 N–H and O–H groups in total. The third-order valence-corrected chi connectivity index (χ3v) is 5.60. The number of amides is 2. The van der Waals surface area contributed by atoms with E-state index in [0.717, 1.165) is 31.2 Å². The Kier molecular flexibility index (Phi) is 6.01. The van der Waals surface area contributed by atoms with Crippen LogP contribution in [0.25, 0.3) is 0 Å². The van der Waals surface area contributed by atoms with Crippen molar-refractivity contribution in [3.05, 3.63) is 33.7 Å². The summed E-state index contributed by atoms with van der Waals surface area (Å²) in [6.45, 7) is 0. The van der Waals surface area contributed by atoms with Gasteiger partial charge in [-0.3, -0.25) is 5.32 Å². The summed E-state index contributed by atoms with van der Waals surface area (Å²) in [6, 6.07) is 4.78. The minimum atomic E-state index is -0.538. The number of thiophene rings is 1. The van der Waals surface area contributed by atoms with E-state index in [1.165, 1.54) is 36.6 Å². The second-order valence-corrected chi connectivity index (χ2v) is 7.23. The van der Waals surface area contributed by atoms with Crippen molar-refractivity contribution in [1.29, 1.82) is 5.26 Å². The fraction of sp³-hybridized carbons (Fsp3) is 0.316. The van der Waals surface area contributed by atoms with E-state index < -0.39 is 6.03 Å². The smallest absolute Gasteiger partial charge is 0.340 e. The number of urea groups is 1. The summed E-state index contributed by atoms with van der Waals surface area (Å²) in [5, 5.41) is 26.5. The maximum atomic E-state index is 12.2. The van der Waals surface area contributed by atoms with Gasteiger partial charge in [0.25, 0.3) is 0 Å². The number of carbonyl (C=O) groups excluding carboxylic acids is 1. The predicted molar refractivity (Wildman–Crippen MR) is 107 cm³/mol. The first-order valence-electron chi connectivity index (χ1n) is 8.67. The number of hydrogen-bond acceptors (Lipinski definition) is 7. The number of hydrazone groups is 1. The molecule has 0 radical (unpaired) electrons. The number of hydrogen-bond donors (Lipinski definition) is 3. The summed E-state index contributed by atoms with van der Waals surface area (Å²) < 4.78 is 10.2. The molecule has 3 rings (SSSR count). The molecule has 1 aromatic heterocycles. The monoisotopic (exact) mass is 400 g/mol. The standard InChI is InChI=1S/C19H20N4O4S/c1-26-14-7-11(8-15(27-2)17(14)24)10-21-23-19(25)22-18-13(9-20)12-5-3-4-6-16(12)28-18/h7-8,10,24H,3-6H2,1-2H3,(H2,22,23,25)/b21-10+. The zero-order valence-electron chi connectivity index (χ0n) is 15.5.